The zero-order valence-electron chi connectivity index (χ0n) is 21.8. The Morgan fingerprint density at radius 1 is 0.677 bits per heavy atom. The minimum absolute atomic E-state index is 0.612. The SMILES string of the molecule is CC(C)CC1CCC2(CCN(C(C)CCC(C)N3CCC4(CCN(C(C)C)C4)C3)C2)C1. The maximum absolute atomic E-state index is 2.87. The lowest BCUT2D eigenvalue weighted by Crippen LogP contribution is -2.38. The molecule has 4 rings (SSSR count). The molecule has 3 heterocycles. The topological polar surface area (TPSA) is 9.72 Å². The Hall–Kier alpha value is -0.120. The van der Waals surface area contributed by atoms with E-state index in [0.29, 0.717) is 10.8 Å². The van der Waals surface area contributed by atoms with E-state index in [1.54, 1.807) is 0 Å². The van der Waals surface area contributed by atoms with E-state index < -0.39 is 0 Å². The molecule has 0 bridgehead atoms. The molecule has 1 saturated carbocycles. The smallest absolute Gasteiger partial charge is 0.00677 e. The number of likely N-dealkylation sites (tertiary alicyclic amines) is 3. The van der Waals surface area contributed by atoms with Gasteiger partial charge in [-0.3, -0.25) is 0 Å². The third kappa shape index (κ3) is 5.52. The van der Waals surface area contributed by atoms with E-state index in [0.717, 1.165) is 30.0 Å². The second-order valence-corrected chi connectivity index (χ2v) is 13.3. The van der Waals surface area contributed by atoms with Crippen LogP contribution in [-0.2, 0) is 0 Å². The van der Waals surface area contributed by atoms with Gasteiger partial charge in [0.05, 0.1) is 0 Å². The Morgan fingerprint density at radius 3 is 1.74 bits per heavy atom. The van der Waals surface area contributed by atoms with Crippen LogP contribution in [0.25, 0.3) is 0 Å². The first-order valence-corrected chi connectivity index (χ1v) is 13.9. The predicted octanol–water partition coefficient (Wildman–Crippen LogP) is 5.89. The molecule has 0 radical (unpaired) electrons. The molecular formula is C28H53N3. The number of nitrogens with zero attached hydrogens (tertiary/aromatic N) is 3. The third-order valence-corrected chi connectivity index (χ3v) is 9.99. The van der Waals surface area contributed by atoms with Crippen LogP contribution in [0.15, 0.2) is 0 Å². The van der Waals surface area contributed by atoms with Crippen molar-refractivity contribution in [1.29, 1.82) is 0 Å². The van der Waals surface area contributed by atoms with Gasteiger partial charge in [-0.1, -0.05) is 13.8 Å². The Labute approximate surface area is 194 Å². The first-order valence-electron chi connectivity index (χ1n) is 13.9. The van der Waals surface area contributed by atoms with Crippen molar-refractivity contribution < 1.29 is 0 Å². The highest BCUT2D eigenvalue weighted by Gasteiger charge is 2.46. The van der Waals surface area contributed by atoms with Crippen LogP contribution in [0, 0.1) is 22.7 Å². The summed E-state index contributed by atoms with van der Waals surface area (Å²) in [5, 5.41) is 0. The van der Waals surface area contributed by atoms with Crippen LogP contribution in [-0.4, -0.2) is 72.1 Å². The van der Waals surface area contributed by atoms with Gasteiger partial charge in [-0.05, 0) is 128 Å². The standard InChI is InChI=1S/C28H53N3/c1-22(2)17-26-9-10-27(18-26)11-15-30(19-27)24(5)7-8-25(6)31-16-13-28(21-31)12-14-29(20-28)23(3)4/h22-26H,7-21H2,1-6H3. The van der Waals surface area contributed by atoms with Gasteiger partial charge < -0.3 is 14.7 Å². The van der Waals surface area contributed by atoms with Crippen molar-refractivity contribution in [2.24, 2.45) is 22.7 Å². The van der Waals surface area contributed by atoms with Gasteiger partial charge in [-0.15, -0.1) is 0 Å². The van der Waals surface area contributed by atoms with Crippen LogP contribution in [0.1, 0.15) is 99.3 Å². The first-order chi connectivity index (χ1) is 14.7. The molecule has 5 unspecified atom stereocenters. The van der Waals surface area contributed by atoms with Crippen LogP contribution in [0.3, 0.4) is 0 Å². The molecular weight excluding hydrogens is 378 g/mol. The summed E-state index contributed by atoms with van der Waals surface area (Å²) in [6.45, 7) is 22.7. The molecule has 3 aliphatic heterocycles. The van der Waals surface area contributed by atoms with E-state index >= 15 is 0 Å². The highest BCUT2D eigenvalue weighted by molar-refractivity contribution is 5.00. The largest absolute Gasteiger partial charge is 0.300 e. The van der Waals surface area contributed by atoms with E-state index in [4.69, 9.17) is 0 Å². The van der Waals surface area contributed by atoms with E-state index in [1.807, 2.05) is 0 Å². The summed E-state index contributed by atoms with van der Waals surface area (Å²) in [7, 11) is 0. The van der Waals surface area contributed by atoms with Crippen molar-refractivity contribution in [2.45, 2.75) is 117 Å². The molecule has 0 N–H and O–H groups in total. The van der Waals surface area contributed by atoms with Crippen LogP contribution >= 0.6 is 0 Å². The molecule has 1 aliphatic carbocycles. The molecule has 3 nitrogen and oxygen atoms in total. The maximum Gasteiger partial charge on any atom is 0.00677 e. The van der Waals surface area contributed by atoms with Crippen molar-refractivity contribution in [1.82, 2.24) is 14.7 Å². The number of rotatable bonds is 8. The van der Waals surface area contributed by atoms with Crippen molar-refractivity contribution in [3.05, 3.63) is 0 Å². The van der Waals surface area contributed by atoms with Crippen LogP contribution < -0.4 is 0 Å². The second-order valence-electron chi connectivity index (χ2n) is 13.3. The molecule has 3 heteroatoms. The van der Waals surface area contributed by atoms with Gasteiger partial charge in [0, 0.05) is 37.8 Å². The van der Waals surface area contributed by atoms with E-state index in [-0.39, 0.29) is 0 Å². The predicted molar refractivity (Wildman–Crippen MR) is 134 cm³/mol. The van der Waals surface area contributed by atoms with E-state index in [1.165, 1.54) is 97.1 Å². The molecule has 180 valence electrons. The van der Waals surface area contributed by atoms with Gasteiger partial charge in [-0.2, -0.15) is 0 Å². The zero-order chi connectivity index (χ0) is 22.2. The highest BCUT2D eigenvalue weighted by atomic mass is 15.2. The third-order valence-electron chi connectivity index (χ3n) is 9.99. The number of hydrogen-bond donors (Lipinski definition) is 0. The van der Waals surface area contributed by atoms with Crippen LogP contribution in [0.2, 0.25) is 0 Å². The summed E-state index contributed by atoms with van der Waals surface area (Å²) < 4.78 is 0. The highest BCUT2D eigenvalue weighted by Crippen LogP contribution is 2.50. The molecule has 3 saturated heterocycles. The summed E-state index contributed by atoms with van der Waals surface area (Å²) in [5.41, 5.74) is 1.30. The summed E-state index contributed by atoms with van der Waals surface area (Å²) in [5.74, 6) is 1.89. The minimum atomic E-state index is 0.612. The molecule has 0 aromatic heterocycles. The molecule has 0 aromatic carbocycles. The Kier molecular flexibility index (Phi) is 7.46. The lowest BCUT2D eigenvalue weighted by Gasteiger charge is -2.31. The van der Waals surface area contributed by atoms with Gasteiger partial charge in [0.15, 0.2) is 0 Å². The summed E-state index contributed by atoms with van der Waals surface area (Å²) >= 11 is 0. The zero-order valence-corrected chi connectivity index (χ0v) is 21.8. The fourth-order valence-electron chi connectivity index (χ4n) is 7.85. The van der Waals surface area contributed by atoms with Gasteiger partial charge in [0.2, 0.25) is 0 Å². The maximum atomic E-state index is 2.87. The van der Waals surface area contributed by atoms with Crippen molar-refractivity contribution in [3.8, 4) is 0 Å². The van der Waals surface area contributed by atoms with E-state index in [2.05, 4.69) is 56.2 Å². The average Bonchev–Trinajstić information content (AvgIpc) is 3.49. The number of hydrogen-bond acceptors (Lipinski definition) is 3. The molecule has 31 heavy (non-hydrogen) atoms. The lowest BCUT2D eigenvalue weighted by atomic mass is 9.83. The monoisotopic (exact) mass is 431 g/mol. The Balaban J connectivity index is 1.20. The Morgan fingerprint density at radius 2 is 1.19 bits per heavy atom. The average molecular weight is 432 g/mol. The molecule has 4 fully saturated rings. The Bertz CT molecular complexity index is 589. The quantitative estimate of drug-likeness (QED) is 0.474. The van der Waals surface area contributed by atoms with Gasteiger partial charge in [0.25, 0.3) is 0 Å². The van der Waals surface area contributed by atoms with E-state index in [9.17, 15) is 0 Å². The minimum Gasteiger partial charge on any atom is -0.300 e. The van der Waals surface area contributed by atoms with Crippen molar-refractivity contribution in [2.75, 3.05) is 39.3 Å². The van der Waals surface area contributed by atoms with Crippen molar-refractivity contribution >= 4 is 0 Å². The molecule has 5 atom stereocenters. The molecule has 2 spiro atoms. The second kappa shape index (κ2) is 9.63. The summed E-state index contributed by atoms with van der Waals surface area (Å²) in [6.07, 6.45) is 13.1. The summed E-state index contributed by atoms with van der Waals surface area (Å²) in [6, 6.07) is 2.25. The molecule has 4 aliphatic rings. The fraction of sp³-hybridized carbons (Fsp3) is 1.00. The molecule has 0 amide bonds. The van der Waals surface area contributed by atoms with Crippen LogP contribution in [0.5, 0.6) is 0 Å². The normalized spacial score (nSPS) is 37.4. The summed E-state index contributed by atoms with van der Waals surface area (Å²) in [4.78, 5) is 8.43. The first kappa shape index (κ1) is 24.0. The van der Waals surface area contributed by atoms with Gasteiger partial charge in [-0.25, -0.2) is 0 Å². The van der Waals surface area contributed by atoms with Gasteiger partial charge in [0.1, 0.15) is 0 Å². The molecule has 0 aromatic rings. The van der Waals surface area contributed by atoms with Gasteiger partial charge >= 0.3 is 0 Å². The lowest BCUT2D eigenvalue weighted by molar-refractivity contribution is 0.167. The van der Waals surface area contributed by atoms with Crippen molar-refractivity contribution in [3.63, 3.8) is 0 Å². The fourth-order valence-corrected chi connectivity index (χ4v) is 7.85. The van der Waals surface area contributed by atoms with Crippen LogP contribution in [0.4, 0.5) is 0 Å².